The van der Waals surface area contributed by atoms with Gasteiger partial charge in [0.2, 0.25) is 26.0 Å². The molecule has 0 atom stereocenters. The highest BCUT2D eigenvalue weighted by atomic mass is 32.2. The molecule has 0 aromatic heterocycles. The van der Waals surface area contributed by atoms with Crippen LogP contribution in [0.15, 0.2) is 47.4 Å². The number of aryl methyl sites for hydroxylation is 1. The van der Waals surface area contributed by atoms with Crippen LogP contribution in [0.25, 0.3) is 0 Å². The third-order valence-corrected chi connectivity index (χ3v) is 8.18. The molecule has 0 unspecified atom stereocenters. The number of ether oxygens (including phenoxy) is 1. The van der Waals surface area contributed by atoms with Crippen molar-refractivity contribution in [1.82, 2.24) is 4.31 Å². The van der Waals surface area contributed by atoms with Gasteiger partial charge in [0.1, 0.15) is 6.54 Å². The third kappa shape index (κ3) is 5.88. The first-order valence-electron chi connectivity index (χ1n) is 10.1. The topological polar surface area (TPSA) is 156 Å². The summed E-state index contributed by atoms with van der Waals surface area (Å²) in [6.07, 6.45) is 0.914. The lowest BCUT2D eigenvalue weighted by atomic mass is 10.2. The highest BCUT2D eigenvalue weighted by molar-refractivity contribution is 7.92. The van der Waals surface area contributed by atoms with E-state index in [-0.39, 0.29) is 35.0 Å². The number of benzene rings is 2. The number of hydrogen-bond donors (Lipinski definition) is 1. The van der Waals surface area contributed by atoms with Crippen LogP contribution in [0, 0.1) is 17.0 Å². The van der Waals surface area contributed by atoms with Crippen LogP contribution in [0.3, 0.4) is 0 Å². The summed E-state index contributed by atoms with van der Waals surface area (Å²) >= 11 is 0. The minimum absolute atomic E-state index is 0.0109. The van der Waals surface area contributed by atoms with E-state index in [0.29, 0.717) is 18.8 Å². The first-order chi connectivity index (χ1) is 15.9. The molecule has 14 heteroatoms. The van der Waals surface area contributed by atoms with Gasteiger partial charge in [0.05, 0.1) is 40.7 Å². The van der Waals surface area contributed by atoms with E-state index in [1.165, 1.54) is 46.8 Å². The van der Waals surface area contributed by atoms with Crippen LogP contribution >= 0.6 is 0 Å². The minimum Gasteiger partial charge on any atom is -0.379 e. The van der Waals surface area contributed by atoms with Gasteiger partial charge in [0.25, 0.3) is 5.69 Å². The molecular weight excluding hydrogens is 488 g/mol. The van der Waals surface area contributed by atoms with E-state index >= 15 is 0 Å². The predicted octanol–water partition coefficient (Wildman–Crippen LogP) is 1.33. The van der Waals surface area contributed by atoms with Crippen LogP contribution in [0.5, 0.6) is 0 Å². The van der Waals surface area contributed by atoms with Gasteiger partial charge < -0.3 is 10.1 Å². The number of anilines is 2. The first-order valence-corrected chi connectivity index (χ1v) is 13.4. The number of non-ortho nitro benzene ring substituents is 1. The Bertz CT molecular complexity index is 1290. The van der Waals surface area contributed by atoms with Crippen LogP contribution in [-0.2, 0) is 29.6 Å². The Kier molecular flexibility index (Phi) is 7.55. The van der Waals surface area contributed by atoms with E-state index in [9.17, 15) is 31.7 Å². The van der Waals surface area contributed by atoms with Crippen LogP contribution < -0.4 is 9.62 Å². The summed E-state index contributed by atoms with van der Waals surface area (Å²) in [6.45, 7) is 2.04. The number of sulfonamides is 2. The minimum atomic E-state index is -3.92. The molecule has 3 rings (SSSR count). The van der Waals surface area contributed by atoms with Crippen LogP contribution in [0.2, 0.25) is 0 Å². The van der Waals surface area contributed by atoms with Gasteiger partial charge in [0.15, 0.2) is 0 Å². The predicted molar refractivity (Wildman–Crippen MR) is 125 cm³/mol. The first kappa shape index (κ1) is 25.6. The summed E-state index contributed by atoms with van der Waals surface area (Å²) in [4.78, 5) is 23.0. The zero-order valence-corrected chi connectivity index (χ0v) is 20.1. The fourth-order valence-corrected chi connectivity index (χ4v) is 5.56. The lowest BCUT2D eigenvalue weighted by Gasteiger charge is -2.26. The molecule has 2 aromatic rings. The van der Waals surface area contributed by atoms with Gasteiger partial charge in [-0.25, -0.2) is 16.8 Å². The number of rotatable bonds is 8. The molecule has 1 fully saturated rings. The van der Waals surface area contributed by atoms with Gasteiger partial charge in [-0.3, -0.25) is 19.2 Å². The summed E-state index contributed by atoms with van der Waals surface area (Å²) in [5, 5.41) is 13.5. The molecule has 12 nitrogen and oxygen atoms in total. The molecule has 1 N–H and O–H groups in total. The average Bonchev–Trinajstić information content (AvgIpc) is 2.78. The Balaban J connectivity index is 1.81. The maximum absolute atomic E-state index is 12.8. The highest BCUT2D eigenvalue weighted by Gasteiger charge is 2.27. The fourth-order valence-electron chi connectivity index (χ4n) is 3.30. The van der Waals surface area contributed by atoms with Crippen LogP contribution in [0.1, 0.15) is 5.56 Å². The quantitative estimate of drug-likeness (QED) is 0.410. The number of nitrogens with zero attached hydrogens (tertiary/aromatic N) is 3. The third-order valence-electron chi connectivity index (χ3n) is 5.13. The number of nitro benzene ring substituents is 1. The van der Waals surface area contributed by atoms with Crippen molar-refractivity contribution in [2.45, 2.75) is 11.8 Å². The van der Waals surface area contributed by atoms with Crippen molar-refractivity contribution >= 4 is 43.0 Å². The molecule has 1 aliphatic heterocycles. The number of nitrogens with one attached hydrogen (secondary N) is 1. The molecule has 0 bridgehead atoms. The number of morpholine rings is 1. The van der Waals surface area contributed by atoms with Crippen molar-refractivity contribution in [2.24, 2.45) is 0 Å². The van der Waals surface area contributed by atoms with Crippen LogP contribution in [-0.4, -0.2) is 71.1 Å². The number of amides is 1. The second-order valence-electron chi connectivity index (χ2n) is 7.58. The van der Waals surface area contributed by atoms with Crippen LogP contribution in [0.4, 0.5) is 17.1 Å². The molecule has 1 heterocycles. The van der Waals surface area contributed by atoms with Crippen molar-refractivity contribution < 1.29 is 31.3 Å². The fraction of sp³-hybridized carbons (Fsp3) is 0.350. The van der Waals surface area contributed by atoms with Crippen molar-refractivity contribution in [3.63, 3.8) is 0 Å². The Morgan fingerprint density at radius 2 is 1.74 bits per heavy atom. The molecule has 1 saturated heterocycles. The molecular formula is C20H24N4O8S2. The number of carbonyl (C=O) groups is 1. The van der Waals surface area contributed by atoms with E-state index in [1.807, 2.05) is 0 Å². The SMILES string of the molecule is Cc1ccc([N+](=O)[O-])cc1NC(=O)CN(c1ccc(S(=O)(=O)N2CCOCC2)cc1)S(C)(=O)=O. The zero-order valence-electron chi connectivity index (χ0n) is 18.5. The molecule has 34 heavy (non-hydrogen) atoms. The van der Waals surface area contributed by atoms with Gasteiger partial charge in [0, 0.05) is 25.2 Å². The normalized spacial score (nSPS) is 15.0. The molecule has 184 valence electrons. The molecule has 0 saturated carbocycles. The van der Waals surface area contributed by atoms with Gasteiger partial charge in [-0.05, 0) is 36.8 Å². The number of carbonyl (C=O) groups excluding carboxylic acids is 1. The number of nitro groups is 1. The smallest absolute Gasteiger partial charge is 0.271 e. The van der Waals surface area contributed by atoms with E-state index in [4.69, 9.17) is 4.74 Å². The molecule has 1 amide bonds. The molecule has 0 aliphatic carbocycles. The summed E-state index contributed by atoms with van der Waals surface area (Å²) < 4.78 is 57.6. The lowest BCUT2D eigenvalue weighted by Crippen LogP contribution is -2.40. The number of hydrogen-bond acceptors (Lipinski definition) is 8. The molecule has 0 radical (unpaired) electrons. The van der Waals surface area contributed by atoms with E-state index in [1.54, 1.807) is 6.92 Å². The van der Waals surface area contributed by atoms with Crippen molar-refractivity contribution in [2.75, 3.05) is 48.7 Å². The van der Waals surface area contributed by atoms with Crippen molar-refractivity contribution in [1.29, 1.82) is 0 Å². The average molecular weight is 513 g/mol. The highest BCUT2D eigenvalue weighted by Crippen LogP contribution is 2.25. The van der Waals surface area contributed by atoms with E-state index in [0.717, 1.165) is 10.6 Å². The Labute approximate surface area is 197 Å². The van der Waals surface area contributed by atoms with E-state index < -0.39 is 37.4 Å². The Morgan fingerprint density at radius 1 is 1.12 bits per heavy atom. The second-order valence-corrected chi connectivity index (χ2v) is 11.4. The maximum atomic E-state index is 12.8. The molecule has 2 aromatic carbocycles. The monoisotopic (exact) mass is 512 g/mol. The largest absolute Gasteiger partial charge is 0.379 e. The lowest BCUT2D eigenvalue weighted by molar-refractivity contribution is -0.384. The second kappa shape index (κ2) is 10.0. The zero-order chi connectivity index (χ0) is 25.1. The summed E-state index contributed by atoms with van der Waals surface area (Å²) in [7, 11) is -7.69. The van der Waals surface area contributed by atoms with Gasteiger partial charge in [-0.1, -0.05) is 6.07 Å². The molecule has 0 spiro atoms. The molecule has 1 aliphatic rings. The summed E-state index contributed by atoms with van der Waals surface area (Å²) in [5.41, 5.74) is 0.606. The Morgan fingerprint density at radius 3 is 2.29 bits per heavy atom. The Hall–Kier alpha value is -3.07. The van der Waals surface area contributed by atoms with Gasteiger partial charge in [-0.15, -0.1) is 0 Å². The van der Waals surface area contributed by atoms with Crippen molar-refractivity contribution in [3.8, 4) is 0 Å². The van der Waals surface area contributed by atoms with Gasteiger partial charge in [-0.2, -0.15) is 4.31 Å². The van der Waals surface area contributed by atoms with E-state index in [2.05, 4.69) is 5.32 Å². The summed E-state index contributed by atoms with van der Waals surface area (Å²) in [5.74, 6) is -0.723. The standard InChI is InChI=1S/C20H24N4O8S2/c1-15-3-4-17(24(26)27)13-19(15)21-20(25)14-23(33(2,28)29)16-5-7-18(8-6-16)34(30,31)22-9-11-32-12-10-22/h3-8,13H,9-12,14H2,1-2H3,(H,21,25). The van der Waals surface area contributed by atoms with Crippen molar-refractivity contribution in [3.05, 3.63) is 58.1 Å². The maximum Gasteiger partial charge on any atom is 0.271 e. The summed E-state index contributed by atoms with van der Waals surface area (Å²) in [6, 6.07) is 9.11. The van der Waals surface area contributed by atoms with Gasteiger partial charge >= 0.3 is 0 Å².